The first kappa shape index (κ1) is 16.3. The van der Waals surface area contributed by atoms with Crippen LogP contribution in [0, 0.1) is 5.92 Å². The number of para-hydroxylation sites is 1. The maximum Gasteiger partial charge on any atom is 0.231 e. The van der Waals surface area contributed by atoms with E-state index in [4.69, 9.17) is 16.3 Å². The number of hydrogen-bond acceptors (Lipinski definition) is 4. The van der Waals surface area contributed by atoms with Gasteiger partial charge in [0.15, 0.2) is 5.13 Å². The Kier molecular flexibility index (Phi) is 4.74. The van der Waals surface area contributed by atoms with Gasteiger partial charge in [0.25, 0.3) is 0 Å². The fraction of sp³-hybridized carbons (Fsp3) is 0.556. The van der Waals surface area contributed by atoms with E-state index in [2.05, 4.69) is 4.98 Å². The predicted molar refractivity (Wildman–Crippen MR) is 97.9 cm³/mol. The number of nitrogens with zero attached hydrogens (tertiary/aromatic N) is 2. The lowest BCUT2D eigenvalue weighted by Crippen LogP contribution is -2.40. The van der Waals surface area contributed by atoms with Gasteiger partial charge in [0.2, 0.25) is 5.91 Å². The number of thiazole rings is 1. The Bertz CT molecular complexity index is 736. The van der Waals surface area contributed by atoms with Gasteiger partial charge in [-0.1, -0.05) is 41.8 Å². The maximum absolute atomic E-state index is 13.1. The lowest BCUT2D eigenvalue weighted by atomic mass is 10.1. The first-order chi connectivity index (χ1) is 11.7. The molecule has 0 radical (unpaired) electrons. The van der Waals surface area contributed by atoms with Crippen molar-refractivity contribution in [1.82, 2.24) is 4.98 Å². The van der Waals surface area contributed by atoms with Crippen molar-refractivity contribution in [3.63, 3.8) is 0 Å². The molecule has 4 nitrogen and oxygen atoms in total. The second kappa shape index (κ2) is 6.98. The Morgan fingerprint density at radius 2 is 2.12 bits per heavy atom. The SMILES string of the molecule is O=C(C1CCCC1)N(C[C@@H]1CCCO1)c1nc2c(Cl)cccc2s1. The van der Waals surface area contributed by atoms with Crippen LogP contribution in [0.15, 0.2) is 18.2 Å². The van der Waals surface area contributed by atoms with Gasteiger partial charge >= 0.3 is 0 Å². The minimum absolute atomic E-state index is 0.123. The number of halogens is 1. The molecular formula is C18H21ClN2O2S. The van der Waals surface area contributed by atoms with Crippen molar-refractivity contribution in [3.8, 4) is 0 Å². The molecule has 6 heteroatoms. The third-order valence-corrected chi connectivity index (χ3v) is 6.32. The monoisotopic (exact) mass is 364 g/mol. The van der Waals surface area contributed by atoms with Crippen LogP contribution in [0.5, 0.6) is 0 Å². The Balaban J connectivity index is 1.66. The molecule has 1 aliphatic heterocycles. The average molecular weight is 365 g/mol. The highest BCUT2D eigenvalue weighted by Gasteiger charge is 2.32. The second-order valence-corrected chi connectivity index (χ2v) is 8.06. The van der Waals surface area contributed by atoms with Crippen LogP contribution in [0.4, 0.5) is 5.13 Å². The van der Waals surface area contributed by atoms with E-state index in [-0.39, 0.29) is 17.9 Å². The first-order valence-electron chi connectivity index (χ1n) is 8.70. The number of rotatable bonds is 4. The lowest BCUT2D eigenvalue weighted by molar-refractivity contribution is -0.122. The topological polar surface area (TPSA) is 42.4 Å². The number of hydrogen-bond donors (Lipinski definition) is 0. The van der Waals surface area contributed by atoms with Gasteiger partial charge in [0.05, 0.1) is 22.4 Å². The maximum atomic E-state index is 13.1. The summed E-state index contributed by atoms with van der Waals surface area (Å²) in [4.78, 5) is 19.7. The molecule has 24 heavy (non-hydrogen) atoms. The van der Waals surface area contributed by atoms with Crippen LogP contribution in [0.25, 0.3) is 10.2 Å². The van der Waals surface area contributed by atoms with E-state index in [1.165, 1.54) is 0 Å². The van der Waals surface area contributed by atoms with Crippen molar-refractivity contribution in [1.29, 1.82) is 0 Å². The Hall–Kier alpha value is -1.17. The summed E-state index contributed by atoms with van der Waals surface area (Å²) >= 11 is 7.81. The largest absolute Gasteiger partial charge is 0.376 e. The summed E-state index contributed by atoms with van der Waals surface area (Å²) in [5.41, 5.74) is 0.788. The van der Waals surface area contributed by atoms with Crippen LogP contribution < -0.4 is 4.90 Å². The summed E-state index contributed by atoms with van der Waals surface area (Å²) in [5.74, 6) is 0.340. The molecule has 1 saturated heterocycles. The van der Waals surface area contributed by atoms with E-state index in [0.717, 1.165) is 60.5 Å². The van der Waals surface area contributed by atoms with Crippen LogP contribution in [0.2, 0.25) is 5.02 Å². The minimum Gasteiger partial charge on any atom is -0.376 e. The summed E-state index contributed by atoms with van der Waals surface area (Å²) in [5, 5.41) is 1.39. The minimum atomic E-state index is 0.123. The number of fused-ring (bicyclic) bond motifs is 1. The number of carbonyl (C=O) groups is 1. The smallest absolute Gasteiger partial charge is 0.231 e. The molecule has 0 spiro atoms. The van der Waals surface area contributed by atoms with E-state index in [1.807, 2.05) is 23.1 Å². The highest BCUT2D eigenvalue weighted by Crippen LogP contribution is 2.35. The van der Waals surface area contributed by atoms with Crippen LogP contribution in [0.1, 0.15) is 38.5 Å². The molecule has 2 aliphatic rings. The average Bonchev–Trinajstić information content (AvgIpc) is 3.32. The van der Waals surface area contributed by atoms with E-state index >= 15 is 0 Å². The van der Waals surface area contributed by atoms with Crippen molar-refractivity contribution in [2.45, 2.75) is 44.6 Å². The number of aromatic nitrogens is 1. The Morgan fingerprint density at radius 3 is 2.83 bits per heavy atom. The fourth-order valence-corrected chi connectivity index (χ4v) is 4.95. The number of benzene rings is 1. The molecule has 1 aromatic carbocycles. The third-order valence-electron chi connectivity index (χ3n) is 4.97. The summed E-state index contributed by atoms with van der Waals surface area (Å²) < 4.78 is 6.79. The standard InChI is InChI=1S/C18H21ClN2O2S/c19-14-8-3-9-15-16(14)20-18(24-15)21(11-13-7-4-10-23-13)17(22)12-5-1-2-6-12/h3,8-9,12-13H,1-2,4-7,10-11H2/t13-/m0/s1. The Morgan fingerprint density at radius 1 is 1.29 bits per heavy atom. The van der Waals surface area contributed by atoms with Gasteiger partial charge in [-0.3, -0.25) is 9.69 Å². The molecular weight excluding hydrogens is 344 g/mol. The molecule has 0 unspecified atom stereocenters. The number of amides is 1. The molecule has 1 aliphatic carbocycles. The van der Waals surface area contributed by atoms with Gasteiger partial charge in [0, 0.05) is 12.5 Å². The van der Waals surface area contributed by atoms with E-state index in [9.17, 15) is 4.79 Å². The van der Waals surface area contributed by atoms with Gasteiger partial charge in [-0.15, -0.1) is 0 Å². The zero-order valence-electron chi connectivity index (χ0n) is 13.5. The number of anilines is 1. The van der Waals surface area contributed by atoms with Crippen LogP contribution in [0.3, 0.4) is 0 Å². The molecule has 1 atom stereocenters. The summed E-state index contributed by atoms with van der Waals surface area (Å²) in [6.07, 6.45) is 6.49. The van der Waals surface area contributed by atoms with Crippen molar-refractivity contribution < 1.29 is 9.53 Å². The summed E-state index contributed by atoms with van der Waals surface area (Å²) in [6.45, 7) is 1.40. The number of carbonyl (C=O) groups excluding carboxylic acids is 1. The van der Waals surface area contributed by atoms with Crippen molar-refractivity contribution in [2.75, 3.05) is 18.1 Å². The third kappa shape index (κ3) is 3.17. The molecule has 1 aromatic heterocycles. The molecule has 128 valence electrons. The van der Waals surface area contributed by atoms with Crippen molar-refractivity contribution >= 4 is 44.2 Å². The summed E-state index contributed by atoms with van der Waals surface area (Å²) in [6, 6.07) is 5.78. The van der Waals surface area contributed by atoms with Crippen LogP contribution >= 0.6 is 22.9 Å². The van der Waals surface area contributed by atoms with Crippen LogP contribution in [-0.2, 0) is 9.53 Å². The normalized spacial score (nSPS) is 21.6. The number of ether oxygens (including phenoxy) is 1. The van der Waals surface area contributed by atoms with E-state index in [0.29, 0.717) is 11.6 Å². The van der Waals surface area contributed by atoms with Crippen molar-refractivity contribution in [3.05, 3.63) is 23.2 Å². The highest BCUT2D eigenvalue weighted by molar-refractivity contribution is 7.22. The van der Waals surface area contributed by atoms with Crippen LogP contribution in [-0.4, -0.2) is 30.1 Å². The molecule has 2 aromatic rings. The van der Waals surface area contributed by atoms with Crippen molar-refractivity contribution in [2.24, 2.45) is 5.92 Å². The van der Waals surface area contributed by atoms with E-state index in [1.54, 1.807) is 11.3 Å². The molecule has 2 fully saturated rings. The second-order valence-electron chi connectivity index (χ2n) is 6.65. The molecule has 2 heterocycles. The zero-order chi connectivity index (χ0) is 16.5. The first-order valence-corrected chi connectivity index (χ1v) is 9.90. The van der Waals surface area contributed by atoms with Gasteiger partial charge in [-0.05, 0) is 37.8 Å². The van der Waals surface area contributed by atoms with Gasteiger partial charge in [-0.2, -0.15) is 0 Å². The highest BCUT2D eigenvalue weighted by atomic mass is 35.5. The molecule has 0 N–H and O–H groups in total. The lowest BCUT2D eigenvalue weighted by Gasteiger charge is -2.25. The molecule has 0 bridgehead atoms. The fourth-order valence-electron chi connectivity index (χ4n) is 3.67. The van der Waals surface area contributed by atoms with Gasteiger partial charge < -0.3 is 4.74 Å². The van der Waals surface area contributed by atoms with Gasteiger partial charge in [0.1, 0.15) is 5.52 Å². The predicted octanol–water partition coefficient (Wildman–Crippen LogP) is 4.65. The zero-order valence-corrected chi connectivity index (χ0v) is 15.1. The van der Waals surface area contributed by atoms with E-state index < -0.39 is 0 Å². The molecule has 1 saturated carbocycles. The quantitative estimate of drug-likeness (QED) is 0.792. The Labute approximate surface area is 150 Å². The molecule has 1 amide bonds. The van der Waals surface area contributed by atoms with Gasteiger partial charge in [-0.25, -0.2) is 4.98 Å². The summed E-state index contributed by atoms with van der Waals surface area (Å²) in [7, 11) is 0. The molecule has 4 rings (SSSR count).